The summed E-state index contributed by atoms with van der Waals surface area (Å²) in [7, 11) is -4.60. The molecule has 44 heavy (non-hydrogen) atoms. The number of anilines is 1. The molecule has 0 saturated heterocycles. The van der Waals surface area contributed by atoms with Gasteiger partial charge in [0, 0.05) is 11.4 Å². The lowest BCUT2D eigenvalue weighted by atomic mass is 9.98. The van der Waals surface area contributed by atoms with Crippen LogP contribution in [0, 0.1) is 0 Å². The predicted octanol–water partition coefficient (Wildman–Crippen LogP) is 6.43. The maximum absolute atomic E-state index is 13.8. The fraction of sp³-hybridized carbons (Fsp3) is 0.286. The zero-order valence-corrected chi connectivity index (χ0v) is 23.9. The third-order valence-electron chi connectivity index (χ3n) is 6.96. The molecular weight excluding hydrogens is 640 g/mol. The van der Waals surface area contributed by atoms with Gasteiger partial charge in [-0.15, -0.1) is 5.10 Å². The van der Waals surface area contributed by atoms with E-state index in [1.54, 1.807) is 6.07 Å². The Morgan fingerprint density at radius 1 is 0.955 bits per heavy atom. The molecule has 0 unspecified atom stereocenters. The Labute approximate surface area is 251 Å². The molecule has 8 nitrogen and oxygen atoms in total. The second-order valence-corrected chi connectivity index (χ2v) is 12.2. The Morgan fingerprint density at radius 2 is 1.70 bits per heavy atom. The van der Waals surface area contributed by atoms with Gasteiger partial charge in [-0.1, -0.05) is 29.8 Å². The molecule has 234 valence electrons. The summed E-state index contributed by atoms with van der Waals surface area (Å²) in [6.07, 6.45) is -10.2. The molecule has 0 amide bonds. The zero-order chi connectivity index (χ0) is 31.9. The highest BCUT2D eigenvalue weighted by Crippen LogP contribution is 2.41. The van der Waals surface area contributed by atoms with Crippen molar-refractivity contribution in [2.24, 2.45) is 0 Å². The number of nitrogens with one attached hydrogen (secondary N) is 1. The number of hydrogen-bond acceptors (Lipinski definition) is 6. The Morgan fingerprint density at radius 3 is 2.39 bits per heavy atom. The summed E-state index contributed by atoms with van der Waals surface area (Å²) in [6.45, 7) is -0.327. The summed E-state index contributed by atoms with van der Waals surface area (Å²) in [5.41, 5.74) is -1.75. The van der Waals surface area contributed by atoms with Gasteiger partial charge >= 0.3 is 18.1 Å². The highest BCUT2D eigenvalue weighted by atomic mass is 35.5. The minimum Gasteiger partial charge on any atom is -0.486 e. The van der Waals surface area contributed by atoms with Crippen LogP contribution in [0.3, 0.4) is 0 Å². The first-order valence-electron chi connectivity index (χ1n) is 13.0. The number of aromatic amines is 1. The first-order chi connectivity index (χ1) is 20.6. The van der Waals surface area contributed by atoms with Gasteiger partial charge in [0.1, 0.15) is 11.9 Å². The van der Waals surface area contributed by atoms with Crippen LogP contribution >= 0.6 is 11.6 Å². The van der Waals surface area contributed by atoms with Crippen molar-refractivity contribution in [1.82, 2.24) is 10.2 Å². The zero-order valence-electron chi connectivity index (χ0n) is 22.4. The number of rotatable bonds is 8. The van der Waals surface area contributed by atoms with Crippen molar-refractivity contribution in [2.75, 3.05) is 10.8 Å². The lowest BCUT2D eigenvalue weighted by molar-refractivity contribution is -0.138. The smallest absolute Gasteiger partial charge is 0.434 e. The monoisotopic (exact) mass is 661 g/mol. The quantitative estimate of drug-likeness (QED) is 0.218. The van der Waals surface area contributed by atoms with Crippen molar-refractivity contribution in [2.45, 2.75) is 49.0 Å². The van der Waals surface area contributed by atoms with Gasteiger partial charge in [0.2, 0.25) is 5.89 Å². The molecule has 0 radical (unpaired) electrons. The van der Waals surface area contributed by atoms with Crippen molar-refractivity contribution in [3.8, 4) is 5.75 Å². The first-order valence-corrected chi connectivity index (χ1v) is 14.8. The van der Waals surface area contributed by atoms with Gasteiger partial charge < -0.3 is 9.15 Å². The fourth-order valence-corrected chi connectivity index (χ4v) is 6.66. The molecule has 1 N–H and O–H groups in total. The second-order valence-electron chi connectivity index (χ2n) is 9.91. The third kappa shape index (κ3) is 6.73. The number of benzene rings is 3. The van der Waals surface area contributed by atoms with E-state index in [0.717, 1.165) is 28.6 Å². The lowest BCUT2D eigenvalue weighted by Crippen LogP contribution is -2.43. The summed E-state index contributed by atoms with van der Waals surface area (Å²) in [6, 6.07) is 11.1. The summed E-state index contributed by atoms with van der Waals surface area (Å²) in [5, 5.41) is 5.73. The average molecular weight is 662 g/mol. The minimum atomic E-state index is -4.80. The molecule has 1 atom stereocenters. The second kappa shape index (κ2) is 11.8. The van der Waals surface area contributed by atoms with Gasteiger partial charge in [-0.3, -0.25) is 4.31 Å². The molecule has 16 heteroatoms. The molecule has 1 aliphatic heterocycles. The van der Waals surface area contributed by atoms with E-state index in [1.165, 1.54) is 24.3 Å². The molecule has 0 fully saturated rings. The Balaban J connectivity index is 1.49. The molecular formula is C28H22ClF6N3O5S. The van der Waals surface area contributed by atoms with Crippen molar-refractivity contribution in [1.29, 1.82) is 0 Å². The van der Waals surface area contributed by atoms with E-state index in [2.05, 4.69) is 10.2 Å². The van der Waals surface area contributed by atoms with Crippen LogP contribution in [0.1, 0.15) is 34.6 Å². The van der Waals surface area contributed by atoms with Gasteiger partial charge in [-0.2, -0.15) is 26.3 Å². The van der Waals surface area contributed by atoms with E-state index in [-0.39, 0.29) is 60.1 Å². The largest absolute Gasteiger partial charge is 0.486 e. The standard InChI is InChI=1S/C28H22ClF6N3O5S/c29-22-6-2-5-21(28(33,34)35)20(22)10-7-16-8-11-24-23(13-16)38(15-18(42-24)9-12-25-36-37-26(39)43-25)44(40,41)19-4-1-3-17(14-19)27(30,31)32/h1-6,8,11,13-14,18H,7,9-10,12,15H2,(H,37,39)/t18-/m0/s1. The first kappa shape index (κ1) is 31.4. The number of sulfonamides is 1. The predicted molar refractivity (Wildman–Crippen MR) is 146 cm³/mol. The number of fused-ring (bicyclic) bond motifs is 1. The van der Waals surface area contributed by atoms with Gasteiger partial charge in [0.25, 0.3) is 10.0 Å². The van der Waals surface area contributed by atoms with Gasteiger partial charge in [-0.05, 0) is 72.9 Å². The van der Waals surface area contributed by atoms with Gasteiger partial charge in [0.05, 0.1) is 28.3 Å². The Kier molecular flexibility index (Phi) is 8.46. The number of nitrogens with zero attached hydrogens (tertiary/aromatic N) is 2. The SMILES string of the molecule is O=c1[nH]nc(CC[C@H]2CN(S(=O)(=O)c3cccc(C(F)(F)F)c3)c3cc(CCc4c(Cl)cccc4C(F)(F)F)ccc3O2)o1. The highest BCUT2D eigenvalue weighted by Gasteiger charge is 2.38. The normalized spacial score (nSPS) is 15.6. The van der Waals surface area contributed by atoms with E-state index in [9.17, 15) is 39.6 Å². The molecule has 4 aromatic rings. The number of aromatic nitrogens is 2. The van der Waals surface area contributed by atoms with Crippen LogP contribution in [0.25, 0.3) is 0 Å². The van der Waals surface area contributed by atoms with Crippen LogP contribution in [0.15, 0.2) is 74.8 Å². The van der Waals surface area contributed by atoms with Crippen LogP contribution in [-0.2, 0) is 41.6 Å². The van der Waals surface area contributed by atoms with Crippen LogP contribution in [0.2, 0.25) is 5.02 Å². The minimum absolute atomic E-state index is 0.00216. The topological polar surface area (TPSA) is 106 Å². The molecule has 0 spiro atoms. The van der Waals surface area contributed by atoms with E-state index < -0.39 is 50.3 Å². The van der Waals surface area contributed by atoms with Crippen molar-refractivity contribution in [3.05, 3.63) is 104 Å². The third-order valence-corrected chi connectivity index (χ3v) is 9.08. The average Bonchev–Trinajstić information content (AvgIpc) is 3.38. The molecule has 0 bridgehead atoms. The van der Waals surface area contributed by atoms with Gasteiger partial charge in [0.15, 0.2) is 0 Å². The molecule has 0 aliphatic carbocycles. The number of hydrogen-bond donors (Lipinski definition) is 1. The van der Waals surface area contributed by atoms with Crippen molar-refractivity contribution >= 4 is 27.3 Å². The summed E-state index contributed by atoms with van der Waals surface area (Å²) >= 11 is 6.09. The number of ether oxygens (including phenoxy) is 1. The van der Waals surface area contributed by atoms with Crippen LogP contribution < -0.4 is 14.8 Å². The summed E-state index contributed by atoms with van der Waals surface area (Å²) < 4.78 is 120. The van der Waals surface area contributed by atoms with Crippen molar-refractivity contribution < 1.29 is 43.9 Å². The summed E-state index contributed by atoms with van der Waals surface area (Å²) in [4.78, 5) is 10.6. The van der Waals surface area contributed by atoms with Gasteiger partial charge in [-0.25, -0.2) is 18.3 Å². The molecule has 1 aliphatic rings. The maximum Gasteiger partial charge on any atom is 0.434 e. The van der Waals surface area contributed by atoms with E-state index in [4.69, 9.17) is 20.8 Å². The van der Waals surface area contributed by atoms with E-state index in [0.29, 0.717) is 11.6 Å². The Hall–Kier alpha value is -3.98. The molecule has 3 aromatic carbocycles. The van der Waals surface area contributed by atoms with Crippen LogP contribution in [0.4, 0.5) is 32.0 Å². The Bertz CT molecular complexity index is 1840. The number of halogens is 7. The van der Waals surface area contributed by atoms with E-state index >= 15 is 0 Å². The molecule has 5 rings (SSSR count). The molecule has 0 saturated carbocycles. The van der Waals surface area contributed by atoms with E-state index in [1.807, 2.05) is 0 Å². The molecule has 2 heterocycles. The van der Waals surface area contributed by atoms with Crippen molar-refractivity contribution in [3.63, 3.8) is 0 Å². The molecule has 1 aromatic heterocycles. The number of aryl methyl sites for hydroxylation is 2. The number of H-pyrrole nitrogens is 1. The highest BCUT2D eigenvalue weighted by molar-refractivity contribution is 7.92. The summed E-state index contributed by atoms with van der Waals surface area (Å²) in [5.74, 6) is -0.655. The lowest BCUT2D eigenvalue weighted by Gasteiger charge is -2.36. The number of alkyl halides is 6. The van der Waals surface area contributed by atoms with Crippen LogP contribution in [-0.4, -0.2) is 31.3 Å². The fourth-order valence-electron chi connectivity index (χ4n) is 4.85. The van der Waals surface area contributed by atoms with Crippen LogP contribution in [0.5, 0.6) is 5.75 Å². The maximum atomic E-state index is 13.8.